The van der Waals surface area contributed by atoms with Crippen LogP contribution in [0.25, 0.3) is 0 Å². The van der Waals surface area contributed by atoms with Crippen LogP contribution in [-0.4, -0.2) is 0 Å². The number of rotatable bonds is 3. The minimum atomic E-state index is -0.301. The Morgan fingerprint density at radius 3 is 2.57 bits per heavy atom. The predicted octanol–water partition coefficient (Wildman–Crippen LogP) is 3.82. The average Bonchev–Trinajstić information content (AvgIpc) is 2.21. The number of hydrogen-bond donors (Lipinski definition) is 0. The van der Waals surface area contributed by atoms with E-state index in [9.17, 15) is 0 Å². The molecule has 0 heterocycles. The van der Waals surface area contributed by atoms with Gasteiger partial charge in [0.1, 0.15) is 0 Å². The molecule has 0 bridgehead atoms. The second-order valence-electron chi connectivity index (χ2n) is 3.79. The van der Waals surface area contributed by atoms with E-state index < -0.39 is 0 Å². The van der Waals surface area contributed by atoms with Crippen LogP contribution in [0.2, 0.25) is 5.02 Å². The van der Waals surface area contributed by atoms with E-state index in [0.29, 0.717) is 0 Å². The van der Waals surface area contributed by atoms with Crippen molar-refractivity contribution in [3.8, 4) is 6.07 Å². The van der Waals surface area contributed by atoms with Crippen LogP contribution in [-0.2, 0) is 6.42 Å². The molecule has 0 aliphatic carbocycles. The Morgan fingerprint density at radius 1 is 1.43 bits per heavy atom. The highest BCUT2D eigenvalue weighted by atomic mass is 35.5. The Labute approximate surface area is 90.3 Å². The summed E-state index contributed by atoms with van der Waals surface area (Å²) in [5.74, 6) is 0. The van der Waals surface area contributed by atoms with Gasteiger partial charge in [-0.2, -0.15) is 5.26 Å². The molecular weight excluding hydrogens is 194 g/mol. The molecule has 0 amide bonds. The minimum Gasteiger partial charge on any atom is -0.198 e. The number of nitrogens with zero attached hydrogens (tertiary/aromatic N) is 1. The second-order valence-corrected chi connectivity index (χ2v) is 4.20. The largest absolute Gasteiger partial charge is 0.198 e. The molecule has 0 spiro atoms. The van der Waals surface area contributed by atoms with Crippen LogP contribution in [0.5, 0.6) is 0 Å². The smallest absolute Gasteiger partial charge is 0.0690 e. The standard InChI is InChI=1S/C12H14ClN/c1-3-12(2,9-14)8-10-6-4-5-7-11(10)13/h4-7H,3,8H2,1-2H3. The quantitative estimate of drug-likeness (QED) is 0.739. The first-order valence-electron chi connectivity index (χ1n) is 4.76. The van der Waals surface area contributed by atoms with E-state index in [2.05, 4.69) is 6.07 Å². The minimum absolute atomic E-state index is 0.301. The number of benzene rings is 1. The fraction of sp³-hybridized carbons (Fsp3) is 0.417. The van der Waals surface area contributed by atoms with Crippen molar-refractivity contribution in [3.05, 3.63) is 34.9 Å². The van der Waals surface area contributed by atoms with Gasteiger partial charge in [-0.25, -0.2) is 0 Å². The first kappa shape index (κ1) is 11.1. The molecule has 0 N–H and O–H groups in total. The van der Waals surface area contributed by atoms with Crippen molar-refractivity contribution in [1.82, 2.24) is 0 Å². The Bertz CT molecular complexity index is 354. The Balaban J connectivity index is 2.89. The lowest BCUT2D eigenvalue weighted by Crippen LogP contribution is -2.15. The molecular formula is C12H14ClN. The van der Waals surface area contributed by atoms with E-state index in [1.165, 1.54) is 0 Å². The molecule has 0 radical (unpaired) electrons. The van der Waals surface area contributed by atoms with Gasteiger partial charge < -0.3 is 0 Å². The zero-order chi connectivity index (χ0) is 10.6. The summed E-state index contributed by atoms with van der Waals surface area (Å²) in [5.41, 5.74) is 0.755. The predicted molar refractivity (Wildman–Crippen MR) is 59.2 cm³/mol. The molecule has 1 nitrogen and oxygen atoms in total. The van der Waals surface area contributed by atoms with E-state index in [1.807, 2.05) is 38.1 Å². The van der Waals surface area contributed by atoms with Gasteiger partial charge in [-0.05, 0) is 31.4 Å². The fourth-order valence-electron chi connectivity index (χ4n) is 1.31. The first-order chi connectivity index (χ1) is 6.61. The van der Waals surface area contributed by atoms with Gasteiger partial charge in [-0.1, -0.05) is 36.7 Å². The van der Waals surface area contributed by atoms with Gasteiger partial charge in [0, 0.05) is 5.02 Å². The first-order valence-corrected chi connectivity index (χ1v) is 5.14. The van der Waals surface area contributed by atoms with Gasteiger partial charge in [-0.15, -0.1) is 0 Å². The van der Waals surface area contributed by atoms with Crippen molar-refractivity contribution in [2.75, 3.05) is 0 Å². The van der Waals surface area contributed by atoms with Crippen molar-refractivity contribution in [2.24, 2.45) is 5.41 Å². The zero-order valence-corrected chi connectivity index (χ0v) is 9.30. The third-order valence-corrected chi connectivity index (χ3v) is 2.96. The lowest BCUT2D eigenvalue weighted by Gasteiger charge is -2.19. The monoisotopic (exact) mass is 207 g/mol. The van der Waals surface area contributed by atoms with E-state index in [1.54, 1.807) is 0 Å². The van der Waals surface area contributed by atoms with E-state index in [-0.39, 0.29) is 5.41 Å². The summed E-state index contributed by atoms with van der Waals surface area (Å²) in [7, 11) is 0. The summed E-state index contributed by atoms with van der Waals surface area (Å²) in [6.07, 6.45) is 1.56. The van der Waals surface area contributed by atoms with Crippen LogP contribution in [0.3, 0.4) is 0 Å². The fourth-order valence-corrected chi connectivity index (χ4v) is 1.51. The Hall–Kier alpha value is -1.00. The van der Waals surface area contributed by atoms with Gasteiger partial charge in [0.05, 0.1) is 11.5 Å². The summed E-state index contributed by atoms with van der Waals surface area (Å²) >= 11 is 6.03. The topological polar surface area (TPSA) is 23.8 Å². The molecule has 0 fully saturated rings. The van der Waals surface area contributed by atoms with Gasteiger partial charge in [-0.3, -0.25) is 0 Å². The van der Waals surface area contributed by atoms with Crippen molar-refractivity contribution in [3.63, 3.8) is 0 Å². The molecule has 0 saturated carbocycles. The van der Waals surface area contributed by atoms with Gasteiger partial charge in [0.25, 0.3) is 0 Å². The highest BCUT2D eigenvalue weighted by molar-refractivity contribution is 6.31. The maximum absolute atomic E-state index is 9.04. The molecule has 1 rings (SSSR count). The molecule has 1 aromatic rings. The second kappa shape index (κ2) is 4.48. The van der Waals surface area contributed by atoms with Crippen molar-refractivity contribution >= 4 is 11.6 Å². The summed E-state index contributed by atoms with van der Waals surface area (Å²) in [6, 6.07) is 10.0. The molecule has 1 aromatic carbocycles. The molecule has 2 heteroatoms. The highest BCUT2D eigenvalue weighted by Crippen LogP contribution is 2.28. The van der Waals surface area contributed by atoms with Crippen molar-refractivity contribution < 1.29 is 0 Å². The molecule has 74 valence electrons. The van der Waals surface area contributed by atoms with E-state index in [0.717, 1.165) is 23.4 Å². The highest BCUT2D eigenvalue weighted by Gasteiger charge is 2.22. The lowest BCUT2D eigenvalue weighted by molar-refractivity contribution is 0.423. The molecule has 0 saturated heterocycles. The summed E-state index contributed by atoms with van der Waals surface area (Å²) < 4.78 is 0. The number of nitriles is 1. The van der Waals surface area contributed by atoms with Crippen LogP contribution < -0.4 is 0 Å². The van der Waals surface area contributed by atoms with Gasteiger partial charge in [0.2, 0.25) is 0 Å². The van der Waals surface area contributed by atoms with Crippen LogP contribution in [0.1, 0.15) is 25.8 Å². The Kier molecular flexibility index (Phi) is 3.55. The molecule has 0 aliphatic heterocycles. The van der Waals surface area contributed by atoms with E-state index >= 15 is 0 Å². The summed E-state index contributed by atoms with van der Waals surface area (Å²) in [6.45, 7) is 4.00. The number of hydrogen-bond acceptors (Lipinski definition) is 1. The number of halogens is 1. The van der Waals surface area contributed by atoms with E-state index in [4.69, 9.17) is 16.9 Å². The van der Waals surface area contributed by atoms with Gasteiger partial charge in [0.15, 0.2) is 0 Å². The van der Waals surface area contributed by atoms with Crippen LogP contribution in [0.4, 0.5) is 0 Å². The lowest BCUT2D eigenvalue weighted by atomic mass is 9.83. The average molecular weight is 208 g/mol. The SMILES string of the molecule is CCC(C)(C#N)Cc1ccccc1Cl. The molecule has 1 unspecified atom stereocenters. The van der Waals surface area contributed by atoms with Crippen LogP contribution >= 0.6 is 11.6 Å². The summed E-state index contributed by atoms with van der Waals surface area (Å²) in [5, 5.41) is 9.80. The third kappa shape index (κ3) is 2.49. The zero-order valence-electron chi connectivity index (χ0n) is 8.55. The third-order valence-electron chi connectivity index (χ3n) is 2.59. The molecule has 1 atom stereocenters. The normalized spacial score (nSPS) is 14.4. The maximum atomic E-state index is 9.04. The van der Waals surface area contributed by atoms with Gasteiger partial charge >= 0.3 is 0 Å². The van der Waals surface area contributed by atoms with Crippen molar-refractivity contribution in [2.45, 2.75) is 26.7 Å². The van der Waals surface area contributed by atoms with Crippen LogP contribution in [0.15, 0.2) is 24.3 Å². The molecule has 0 aliphatic rings. The summed E-state index contributed by atoms with van der Waals surface area (Å²) in [4.78, 5) is 0. The Morgan fingerprint density at radius 2 is 2.07 bits per heavy atom. The molecule has 0 aromatic heterocycles. The molecule has 14 heavy (non-hydrogen) atoms. The van der Waals surface area contributed by atoms with Crippen LogP contribution in [0, 0.1) is 16.7 Å². The van der Waals surface area contributed by atoms with Crippen molar-refractivity contribution in [1.29, 1.82) is 5.26 Å². The maximum Gasteiger partial charge on any atom is 0.0690 e.